The zero-order valence-corrected chi connectivity index (χ0v) is 15.2. The van der Waals surface area contributed by atoms with Crippen molar-refractivity contribution in [3.8, 4) is 5.69 Å². The lowest BCUT2D eigenvalue weighted by Crippen LogP contribution is -2.54. The highest BCUT2D eigenvalue weighted by molar-refractivity contribution is 5.75. The number of nitrogens with zero attached hydrogens (tertiary/aromatic N) is 4. The van der Waals surface area contributed by atoms with E-state index >= 15 is 0 Å². The summed E-state index contributed by atoms with van der Waals surface area (Å²) in [7, 11) is 0. The molecule has 3 aliphatic rings. The minimum atomic E-state index is -0.641. The smallest absolute Gasteiger partial charge is 0.307 e. The summed E-state index contributed by atoms with van der Waals surface area (Å²) in [6.07, 6.45) is 3.09. The third kappa shape index (κ3) is 2.13. The number of carbonyl (C=O) groups is 1. The molecule has 0 N–H and O–H groups in total. The number of hydrogen-bond donors (Lipinski definition) is 0. The Balaban J connectivity index is 1.78. The number of fused-ring (bicyclic) bond motifs is 1. The van der Waals surface area contributed by atoms with Gasteiger partial charge in [-0.1, -0.05) is 54.6 Å². The van der Waals surface area contributed by atoms with Gasteiger partial charge in [-0.15, -0.1) is 0 Å². The normalized spacial score (nSPS) is 22.3. The van der Waals surface area contributed by atoms with E-state index in [-0.39, 0.29) is 11.9 Å². The average molecular weight is 374 g/mol. The van der Waals surface area contributed by atoms with Crippen LogP contribution in [0.3, 0.4) is 0 Å². The van der Waals surface area contributed by atoms with Gasteiger partial charge in [-0.25, -0.2) is 23.5 Å². The van der Waals surface area contributed by atoms with Gasteiger partial charge in [0.05, 0.1) is 17.8 Å². The van der Waals surface area contributed by atoms with Crippen LogP contribution >= 0.6 is 0 Å². The average Bonchev–Trinajstić information content (AvgIpc) is 3.01. The molecular weight excluding hydrogens is 356 g/mol. The molecule has 0 saturated heterocycles. The molecule has 140 valence electrons. The Morgan fingerprint density at radius 2 is 1.43 bits per heavy atom. The van der Waals surface area contributed by atoms with Gasteiger partial charge in [-0.05, 0) is 23.8 Å². The topological polar surface area (TPSA) is 69.2 Å². The van der Waals surface area contributed by atoms with E-state index < -0.39 is 23.6 Å². The van der Waals surface area contributed by atoms with Crippen molar-refractivity contribution in [3.05, 3.63) is 99.3 Å². The van der Waals surface area contributed by atoms with Crippen molar-refractivity contribution < 1.29 is 4.79 Å². The molecule has 7 nitrogen and oxygen atoms in total. The summed E-state index contributed by atoms with van der Waals surface area (Å²) in [5.41, 5.74) is 0.583. The first-order valence-corrected chi connectivity index (χ1v) is 9.13. The molecule has 0 radical (unpaired) electrons. The van der Waals surface area contributed by atoms with Crippen LogP contribution in [0.25, 0.3) is 5.69 Å². The van der Waals surface area contributed by atoms with Crippen LogP contribution < -0.4 is 11.4 Å². The maximum atomic E-state index is 13.2. The second kappa shape index (κ2) is 5.95. The van der Waals surface area contributed by atoms with Gasteiger partial charge < -0.3 is 4.90 Å². The number of benzene rings is 2. The minimum Gasteiger partial charge on any atom is -0.307 e. The number of aromatic nitrogens is 3. The zero-order chi connectivity index (χ0) is 19.4. The number of amides is 1. The Morgan fingerprint density at radius 1 is 0.821 bits per heavy atom. The predicted molar refractivity (Wildman–Crippen MR) is 103 cm³/mol. The van der Waals surface area contributed by atoms with E-state index in [1.807, 2.05) is 48.6 Å². The molecule has 7 heteroatoms. The predicted octanol–water partition coefficient (Wildman–Crippen LogP) is 2.01. The van der Waals surface area contributed by atoms with Crippen molar-refractivity contribution >= 4 is 5.91 Å². The molecule has 3 aromatic rings. The molecule has 28 heavy (non-hydrogen) atoms. The van der Waals surface area contributed by atoms with Crippen molar-refractivity contribution in [1.82, 2.24) is 18.8 Å². The monoisotopic (exact) mass is 374 g/mol. The molecule has 3 aliphatic heterocycles. The number of rotatable bonds is 2. The summed E-state index contributed by atoms with van der Waals surface area (Å²) >= 11 is 0. The summed E-state index contributed by atoms with van der Waals surface area (Å²) in [5, 5.41) is 0. The first kappa shape index (κ1) is 16.6. The molecule has 0 fully saturated rings. The fourth-order valence-corrected chi connectivity index (χ4v) is 4.33. The fraction of sp³-hybridized carbons (Fsp3) is 0.190. The third-order valence-electron chi connectivity index (χ3n) is 5.45. The molecule has 1 aromatic heterocycles. The van der Waals surface area contributed by atoms with Gasteiger partial charge in [-0.2, -0.15) is 0 Å². The summed E-state index contributed by atoms with van der Waals surface area (Å²) < 4.78 is 4.04. The summed E-state index contributed by atoms with van der Waals surface area (Å²) in [5.74, 6) is -0.147. The molecule has 2 aromatic carbocycles. The van der Waals surface area contributed by atoms with Crippen LogP contribution in [0.5, 0.6) is 0 Å². The van der Waals surface area contributed by atoms with E-state index in [1.54, 1.807) is 29.2 Å². The van der Waals surface area contributed by atoms with Crippen LogP contribution in [0.2, 0.25) is 0 Å². The van der Waals surface area contributed by atoms with Crippen LogP contribution in [0.15, 0.2) is 82.4 Å². The van der Waals surface area contributed by atoms with Gasteiger partial charge in [0, 0.05) is 6.92 Å². The van der Waals surface area contributed by atoms with Gasteiger partial charge in [0.15, 0.2) is 0 Å². The molecule has 1 amide bonds. The highest BCUT2D eigenvalue weighted by Gasteiger charge is 2.47. The second-order valence-electron chi connectivity index (χ2n) is 7.00. The largest absolute Gasteiger partial charge is 0.354 e. The molecule has 3 atom stereocenters. The Labute approximate surface area is 160 Å². The van der Waals surface area contributed by atoms with E-state index in [0.29, 0.717) is 5.69 Å². The van der Waals surface area contributed by atoms with Crippen molar-refractivity contribution in [1.29, 1.82) is 0 Å². The highest BCUT2D eigenvalue weighted by Crippen LogP contribution is 2.44. The van der Waals surface area contributed by atoms with E-state index in [4.69, 9.17) is 0 Å². The first-order chi connectivity index (χ1) is 13.6. The Morgan fingerprint density at radius 3 is 2.07 bits per heavy atom. The van der Waals surface area contributed by atoms with Crippen molar-refractivity contribution in [2.75, 3.05) is 0 Å². The van der Waals surface area contributed by atoms with E-state index in [0.717, 1.165) is 5.56 Å². The molecule has 2 bridgehead atoms. The lowest BCUT2D eigenvalue weighted by atomic mass is 9.92. The molecule has 0 saturated carbocycles. The lowest BCUT2D eigenvalue weighted by Gasteiger charge is -2.48. The Hall–Kier alpha value is -3.61. The Kier molecular flexibility index (Phi) is 3.52. The second-order valence-corrected chi connectivity index (χ2v) is 7.00. The van der Waals surface area contributed by atoms with E-state index in [2.05, 4.69) is 0 Å². The summed E-state index contributed by atoms with van der Waals surface area (Å²) in [6, 6.07) is 17.6. The van der Waals surface area contributed by atoms with Crippen LogP contribution in [0.1, 0.15) is 30.7 Å². The maximum absolute atomic E-state index is 13.2. The quantitative estimate of drug-likeness (QED) is 0.645. The van der Waals surface area contributed by atoms with Crippen LogP contribution in [-0.4, -0.2) is 24.7 Å². The number of hydrogen-bond acceptors (Lipinski definition) is 3. The van der Waals surface area contributed by atoms with Crippen molar-refractivity contribution in [3.63, 3.8) is 0 Å². The minimum absolute atomic E-state index is 0.147. The molecule has 4 heterocycles. The molecule has 0 unspecified atom stereocenters. The highest BCUT2D eigenvalue weighted by atomic mass is 16.2. The van der Waals surface area contributed by atoms with Crippen molar-refractivity contribution in [2.24, 2.45) is 0 Å². The zero-order valence-electron chi connectivity index (χ0n) is 15.2. The van der Waals surface area contributed by atoms with E-state index in [9.17, 15) is 14.4 Å². The van der Waals surface area contributed by atoms with Crippen LogP contribution in [0, 0.1) is 0 Å². The molecule has 6 rings (SSSR count). The standard InChI is InChI=1S/C21H18N4O3/c1-14(26)22-18-13-12-17(19(22)15-8-4-2-5-9-15)24-20(27)23(21(28)25(18)24)16-10-6-3-7-11-16/h2-13,17-19H,1H3/t17-,18-,19-/m1/s1. The number of para-hydroxylation sites is 1. The van der Waals surface area contributed by atoms with Crippen LogP contribution in [-0.2, 0) is 4.79 Å². The van der Waals surface area contributed by atoms with Crippen LogP contribution in [0.4, 0.5) is 0 Å². The van der Waals surface area contributed by atoms with Gasteiger partial charge in [0.1, 0.15) is 6.17 Å². The fourth-order valence-electron chi connectivity index (χ4n) is 4.33. The Bertz CT molecular complexity index is 1200. The maximum Gasteiger partial charge on any atom is 0.354 e. The summed E-state index contributed by atoms with van der Waals surface area (Å²) in [6.45, 7) is 1.49. The first-order valence-electron chi connectivity index (χ1n) is 9.13. The molecule has 0 spiro atoms. The molecular formula is C21H18N4O3. The van der Waals surface area contributed by atoms with Crippen molar-refractivity contribution in [2.45, 2.75) is 25.2 Å². The van der Waals surface area contributed by atoms with Gasteiger partial charge in [0.25, 0.3) is 0 Å². The van der Waals surface area contributed by atoms with Gasteiger partial charge in [0.2, 0.25) is 5.91 Å². The van der Waals surface area contributed by atoms with Gasteiger partial charge in [-0.3, -0.25) is 4.79 Å². The number of carbonyl (C=O) groups excluding carboxylic acids is 1. The summed E-state index contributed by atoms with van der Waals surface area (Å²) in [4.78, 5) is 40.6. The third-order valence-corrected chi connectivity index (χ3v) is 5.45. The lowest BCUT2D eigenvalue weighted by molar-refractivity contribution is -0.140. The van der Waals surface area contributed by atoms with Gasteiger partial charge >= 0.3 is 11.4 Å². The molecule has 0 aliphatic carbocycles. The van der Waals surface area contributed by atoms with E-state index in [1.165, 1.54) is 20.9 Å². The SMILES string of the molecule is CC(=O)N1[C@H](c2ccccc2)[C@H]2C=C[C@H]1n1c(=O)n(-c3ccccc3)c(=O)n12.